The highest BCUT2D eigenvalue weighted by Crippen LogP contribution is 2.32. The largest absolute Gasteiger partial charge is 0.471 e. The van der Waals surface area contributed by atoms with Gasteiger partial charge in [0.2, 0.25) is 5.88 Å². The summed E-state index contributed by atoms with van der Waals surface area (Å²) in [5, 5.41) is 7.37. The summed E-state index contributed by atoms with van der Waals surface area (Å²) in [4.78, 5) is 34.6. The number of carbonyl (C=O) groups excluding carboxylic acids is 2. The number of rotatable bonds is 7. The van der Waals surface area contributed by atoms with Crippen molar-refractivity contribution in [3.63, 3.8) is 0 Å². The number of ether oxygens (including phenoxy) is 1. The average Bonchev–Trinajstić information content (AvgIpc) is 3.18. The van der Waals surface area contributed by atoms with Gasteiger partial charge in [0.25, 0.3) is 11.8 Å². The van der Waals surface area contributed by atoms with Gasteiger partial charge in [0.05, 0.1) is 39.9 Å². The highest BCUT2D eigenvalue weighted by Gasteiger charge is 2.30. The Bertz CT molecular complexity index is 1290. The fourth-order valence-electron chi connectivity index (χ4n) is 3.08. The summed E-state index contributed by atoms with van der Waals surface area (Å²) in [7, 11) is 0.332. The summed E-state index contributed by atoms with van der Waals surface area (Å²) < 4.78 is 18.3. The molecule has 3 aromatic rings. The van der Waals surface area contributed by atoms with Gasteiger partial charge in [-0.2, -0.15) is 0 Å². The Hall–Kier alpha value is -2.70. The van der Waals surface area contributed by atoms with Gasteiger partial charge in [0.15, 0.2) is 5.82 Å². The second-order valence-electron chi connectivity index (χ2n) is 7.00. The van der Waals surface area contributed by atoms with Crippen molar-refractivity contribution in [2.75, 3.05) is 23.9 Å². The number of hydroxylamine groups is 1. The van der Waals surface area contributed by atoms with Crippen molar-refractivity contribution in [3.8, 4) is 11.7 Å². The number of halogens is 3. The van der Waals surface area contributed by atoms with Gasteiger partial charge in [0, 0.05) is 28.1 Å². The minimum atomic E-state index is -0.929. The Morgan fingerprint density at radius 1 is 1.15 bits per heavy atom. The van der Waals surface area contributed by atoms with Crippen LogP contribution < -0.4 is 15.5 Å². The van der Waals surface area contributed by atoms with E-state index in [0.717, 1.165) is 0 Å². The number of nitrogens with one attached hydrogen (secondary N) is 2. The maximum absolute atomic E-state index is 13.3. The number of anilines is 1. The van der Waals surface area contributed by atoms with E-state index in [0.29, 0.717) is 11.5 Å². The van der Waals surface area contributed by atoms with Crippen molar-refractivity contribution >= 4 is 63.1 Å². The van der Waals surface area contributed by atoms with Gasteiger partial charge in [-0.05, 0) is 24.3 Å². The average molecular weight is 545 g/mol. The quantitative estimate of drug-likeness (QED) is 0.437. The molecule has 0 bridgehead atoms. The summed E-state index contributed by atoms with van der Waals surface area (Å²) in [6, 6.07) is 7.31. The van der Waals surface area contributed by atoms with E-state index >= 15 is 0 Å². The van der Waals surface area contributed by atoms with Crippen LogP contribution in [0.1, 0.15) is 20.8 Å². The van der Waals surface area contributed by atoms with Crippen LogP contribution in [0.4, 0.5) is 5.69 Å². The number of hydrogen-bond donors (Lipinski definition) is 2. The zero-order valence-corrected chi connectivity index (χ0v) is 20.5. The molecule has 178 valence electrons. The third-order valence-corrected chi connectivity index (χ3v) is 6.92. The molecule has 3 heterocycles. The second-order valence-corrected chi connectivity index (χ2v) is 9.80. The van der Waals surface area contributed by atoms with Gasteiger partial charge in [0.1, 0.15) is 11.8 Å². The summed E-state index contributed by atoms with van der Waals surface area (Å²) in [6.07, 6.45) is 1.21. The lowest BCUT2D eigenvalue weighted by atomic mass is 10.1. The van der Waals surface area contributed by atoms with Crippen LogP contribution in [0.2, 0.25) is 15.1 Å². The number of benzene rings is 1. The molecule has 0 aliphatic carbocycles. The number of carbonyl (C=O) groups is 2. The van der Waals surface area contributed by atoms with Crippen molar-refractivity contribution in [1.29, 1.82) is 0 Å². The maximum atomic E-state index is 13.3. The number of hydrogen-bond acceptors (Lipinski definition) is 7. The Balaban J connectivity index is 1.72. The number of nitrogens with zero attached hydrogens (tertiary/aromatic N) is 3. The first-order valence-corrected chi connectivity index (χ1v) is 12.2. The summed E-state index contributed by atoms with van der Waals surface area (Å²) in [5.41, 5.74) is 2.14. The second kappa shape index (κ2) is 10.3. The molecule has 4 rings (SSSR count). The van der Waals surface area contributed by atoms with Gasteiger partial charge in [-0.1, -0.05) is 34.8 Å². The fraction of sp³-hybridized carbons (Fsp3) is 0.200. The van der Waals surface area contributed by atoms with Crippen LogP contribution in [0.5, 0.6) is 5.88 Å². The first-order chi connectivity index (χ1) is 16.3. The van der Waals surface area contributed by atoms with Crippen molar-refractivity contribution < 1.29 is 23.4 Å². The standard InChI is InChI=1S/C20H16Cl3N5O5S/c1-32-27-19(29)12-5-10(21)6-14(23)17(12)25-20(30)15-7-16(33-11-8-34(31)9-11)26-28(15)18-13(22)3-2-4-24-18/h2-7,11H,8-9H2,1H3,(H,25,30)(H,27,29). The zero-order chi connectivity index (χ0) is 24.4. The van der Waals surface area contributed by atoms with Crippen molar-refractivity contribution in [1.82, 2.24) is 20.2 Å². The zero-order valence-electron chi connectivity index (χ0n) is 17.4. The molecule has 1 saturated heterocycles. The first kappa shape index (κ1) is 24.4. The molecule has 2 amide bonds. The monoisotopic (exact) mass is 543 g/mol. The van der Waals surface area contributed by atoms with Gasteiger partial charge in [-0.3, -0.25) is 18.6 Å². The Labute approximate surface area is 210 Å². The molecule has 0 radical (unpaired) electrons. The first-order valence-electron chi connectivity index (χ1n) is 9.63. The molecule has 34 heavy (non-hydrogen) atoms. The van der Waals surface area contributed by atoms with Crippen molar-refractivity contribution in [2.24, 2.45) is 0 Å². The third kappa shape index (κ3) is 5.18. The Morgan fingerprint density at radius 3 is 2.59 bits per heavy atom. The molecule has 0 saturated carbocycles. The molecule has 10 nitrogen and oxygen atoms in total. The van der Waals surface area contributed by atoms with E-state index < -0.39 is 22.6 Å². The molecular weight excluding hydrogens is 529 g/mol. The minimum Gasteiger partial charge on any atom is -0.471 e. The van der Waals surface area contributed by atoms with Crippen LogP contribution in [0.25, 0.3) is 5.82 Å². The van der Waals surface area contributed by atoms with Crippen molar-refractivity contribution in [2.45, 2.75) is 6.10 Å². The van der Waals surface area contributed by atoms with Crippen LogP contribution in [0, 0.1) is 0 Å². The molecule has 0 spiro atoms. The molecule has 2 N–H and O–H groups in total. The Morgan fingerprint density at radius 2 is 1.91 bits per heavy atom. The smallest absolute Gasteiger partial charge is 0.277 e. The van der Waals surface area contributed by atoms with E-state index in [1.165, 1.54) is 36.2 Å². The summed E-state index contributed by atoms with van der Waals surface area (Å²) >= 11 is 18.6. The fourth-order valence-corrected chi connectivity index (χ4v) is 4.69. The van der Waals surface area contributed by atoms with Crippen LogP contribution in [0.15, 0.2) is 36.5 Å². The van der Waals surface area contributed by atoms with E-state index in [4.69, 9.17) is 39.5 Å². The predicted molar refractivity (Wildman–Crippen MR) is 128 cm³/mol. The highest BCUT2D eigenvalue weighted by molar-refractivity contribution is 7.86. The SMILES string of the molecule is CONC(=O)c1cc(Cl)cc(Cl)c1NC(=O)c1cc(OC2CS(=O)C2)nn1-c1ncccc1Cl. The van der Waals surface area contributed by atoms with E-state index in [9.17, 15) is 13.8 Å². The normalized spacial score (nSPS) is 17.1. The molecule has 1 aromatic carbocycles. The lowest BCUT2D eigenvalue weighted by Gasteiger charge is -2.24. The lowest BCUT2D eigenvalue weighted by molar-refractivity contribution is 0.0538. The number of aromatic nitrogens is 3. The molecule has 1 aliphatic heterocycles. The molecule has 2 aromatic heterocycles. The van der Waals surface area contributed by atoms with Gasteiger partial charge >= 0.3 is 0 Å². The van der Waals surface area contributed by atoms with Crippen molar-refractivity contribution in [3.05, 3.63) is 62.9 Å². The molecule has 0 unspecified atom stereocenters. The van der Waals surface area contributed by atoms with E-state index in [1.807, 2.05) is 0 Å². The topological polar surface area (TPSA) is 124 Å². The van der Waals surface area contributed by atoms with E-state index in [-0.39, 0.29) is 49.8 Å². The highest BCUT2D eigenvalue weighted by atomic mass is 35.5. The van der Waals surface area contributed by atoms with Crippen LogP contribution in [0.3, 0.4) is 0 Å². The summed E-state index contributed by atoms with van der Waals surface area (Å²) in [6.45, 7) is 0. The Kier molecular flexibility index (Phi) is 7.39. The third-order valence-electron chi connectivity index (χ3n) is 4.62. The maximum Gasteiger partial charge on any atom is 0.277 e. The van der Waals surface area contributed by atoms with Gasteiger partial charge in [-0.15, -0.1) is 5.10 Å². The number of pyridine rings is 1. The molecule has 0 atom stereocenters. The van der Waals surface area contributed by atoms with E-state index in [1.54, 1.807) is 12.1 Å². The van der Waals surface area contributed by atoms with Gasteiger partial charge in [-0.25, -0.2) is 15.1 Å². The molecular formula is C20H16Cl3N5O5S. The van der Waals surface area contributed by atoms with Crippen LogP contribution >= 0.6 is 34.8 Å². The predicted octanol–water partition coefficient (Wildman–Crippen LogP) is 3.28. The lowest BCUT2D eigenvalue weighted by Crippen LogP contribution is -2.41. The molecule has 14 heteroatoms. The number of amides is 2. The molecule has 1 fully saturated rings. The summed E-state index contributed by atoms with van der Waals surface area (Å²) in [5.74, 6) is -0.315. The van der Waals surface area contributed by atoms with Crippen LogP contribution in [-0.4, -0.2) is 55.5 Å². The van der Waals surface area contributed by atoms with E-state index in [2.05, 4.69) is 25.7 Å². The van der Waals surface area contributed by atoms with Crippen LogP contribution in [-0.2, 0) is 15.6 Å². The minimum absolute atomic E-state index is 0.000150. The van der Waals surface area contributed by atoms with Gasteiger partial charge < -0.3 is 10.1 Å². The molecule has 1 aliphatic rings.